The first-order valence-electron chi connectivity index (χ1n) is 12.0. The Labute approximate surface area is 190 Å². The van der Waals surface area contributed by atoms with Gasteiger partial charge >= 0.3 is 0 Å². The van der Waals surface area contributed by atoms with Crippen molar-refractivity contribution < 1.29 is 9.47 Å². The number of H-pyrrole nitrogens is 1. The lowest BCUT2D eigenvalue weighted by Crippen LogP contribution is -2.31. The number of nitrogens with one attached hydrogen (secondary N) is 1. The topological polar surface area (TPSA) is 53.6 Å². The summed E-state index contributed by atoms with van der Waals surface area (Å²) in [6.45, 7) is 8.61. The summed E-state index contributed by atoms with van der Waals surface area (Å²) in [5.41, 5.74) is 3.36. The van der Waals surface area contributed by atoms with Gasteiger partial charge in [0.25, 0.3) is 0 Å². The monoisotopic (exact) mass is 434 g/mol. The van der Waals surface area contributed by atoms with Crippen LogP contribution in [0.25, 0.3) is 11.0 Å². The molecule has 0 amide bonds. The molecule has 2 fully saturated rings. The van der Waals surface area contributed by atoms with Crippen LogP contribution in [0.1, 0.15) is 24.1 Å². The molecule has 0 saturated carbocycles. The van der Waals surface area contributed by atoms with E-state index in [9.17, 15) is 0 Å². The van der Waals surface area contributed by atoms with E-state index in [2.05, 4.69) is 57.2 Å². The highest BCUT2D eigenvalue weighted by Gasteiger charge is 2.21. The number of aromatic nitrogens is 2. The van der Waals surface area contributed by atoms with Gasteiger partial charge in [-0.1, -0.05) is 18.2 Å². The molecular formula is C26H34N4O2. The third-order valence-electron chi connectivity index (χ3n) is 6.62. The average molecular weight is 435 g/mol. The molecule has 1 aromatic carbocycles. The number of rotatable bonds is 8. The summed E-state index contributed by atoms with van der Waals surface area (Å²) in [7, 11) is 0. The fourth-order valence-electron chi connectivity index (χ4n) is 4.91. The van der Waals surface area contributed by atoms with Crippen LogP contribution in [0.15, 0.2) is 48.7 Å². The van der Waals surface area contributed by atoms with E-state index in [1.807, 2.05) is 6.20 Å². The molecule has 0 radical (unpaired) electrons. The maximum absolute atomic E-state index is 6.21. The number of benzene rings is 1. The number of ether oxygens (including phenoxy) is 2. The highest BCUT2D eigenvalue weighted by molar-refractivity contribution is 5.75. The van der Waals surface area contributed by atoms with Gasteiger partial charge in [-0.05, 0) is 56.6 Å². The lowest BCUT2D eigenvalue weighted by molar-refractivity contribution is 0.121. The molecule has 6 nitrogen and oxygen atoms in total. The van der Waals surface area contributed by atoms with Crippen LogP contribution in [0.5, 0.6) is 5.75 Å². The fraction of sp³-hybridized carbons (Fsp3) is 0.500. The summed E-state index contributed by atoms with van der Waals surface area (Å²) in [6, 6.07) is 14.9. The summed E-state index contributed by atoms with van der Waals surface area (Å²) >= 11 is 0. The van der Waals surface area contributed by atoms with Crippen molar-refractivity contribution in [2.45, 2.75) is 25.8 Å². The van der Waals surface area contributed by atoms with E-state index in [1.165, 1.54) is 31.5 Å². The second kappa shape index (κ2) is 10.5. The van der Waals surface area contributed by atoms with Crippen LogP contribution in [0, 0.1) is 5.92 Å². The third kappa shape index (κ3) is 5.49. The highest BCUT2D eigenvalue weighted by Crippen LogP contribution is 2.23. The van der Waals surface area contributed by atoms with E-state index in [-0.39, 0.29) is 0 Å². The van der Waals surface area contributed by atoms with Gasteiger partial charge in [-0.25, -0.2) is 4.98 Å². The van der Waals surface area contributed by atoms with E-state index in [0.29, 0.717) is 5.92 Å². The van der Waals surface area contributed by atoms with Gasteiger partial charge in [0.2, 0.25) is 0 Å². The number of aromatic amines is 1. The number of hydrogen-bond donors (Lipinski definition) is 1. The summed E-state index contributed by atoms with van der Waals surface area (Å²) in [5, 5.41) is 1.16. The van der Waals surface area contributed by atoms with Crippen LogP contribution < -0.4 is 4.74 Å². The minimum absolute atomic E-state index is 0.431. The van der Waals surface area contributed by atoms with Crippen LogP contribution in [0.2, 0.25) is 0 Å². The molecule has 2 saturated heterocycles. The van der Waals surface area contributed by atoms with Crippen LogP contribution in [-0.2, 0) is 17.7 Å². The van der Waals surface area contributed by atoms with Crippen molar-refractivity contribution in [3.8, 4) is 5.75 Å². The standard InChI is InChI=1S/C26H34N4O2/c1-2-6-25(32-16-14-29-11-3-4-12-29)23(5-1)19-30-13-15-31-20-21(18-30)17-24-8-7-22-9-10-27-26(22)28-24/h1-2,5-10,21H,3-4,11-20H2,(H,27,28)/t21-/m0/s1. The number of fused-ring (bicyclic) bond motifs is 1. The lowest BCUT2D eigenvalue weighted by atomic mass is 10.0. The van der Waals surface area contributed by atoms with Crippen molar-refractivity contribution in [2.24, 2.45) is 5.92 Å². The lowest BCUT2D eigenvalue weighted by Gasteiger charge is -2.24. The molecule has 0 unspecified atom stereocenters. The second-order valence-corrected chi connectivity index (χ2v) is 9.10. The minimum Gasteiger partial charge on any atom is -0.492 e. The summed E-state index contributed by atoms with van der Waals surface area (Å²) in [5.74, 6) is 1.45. The van der Waals surface area contributed by atoms with Gasteiger partial charge in [-0.3, -0.25) is 9.80 Å². The summed E-state index contributed by atoms with van der Waals surface area (Å²) in [4.78, 5) is 13.0. The first-order chi connectivity index (χ1) is 15.8. The molecule has 2 aliphatic rings. The molecule has 4 heterocycles. The Balaban J connectivity index is 1.19. The van der Waals surface area contributed by atoms with E-state index >= 15 is 0 Å². The molecule has 2 aromatic heterocycles. The van der Waals surface area contributed by atoms with E-state index in [1.54, 1.807) is 0 Å². The molecule has 0 aliphatic carbocycles. The Morgan fingerprint density at radius 2 is 1.94 bits per heavy atom. The number of likely N-dealkylation sites (tertiary alicyclic amines) is 1. The van der Waals surface area contributed by atoms with Gasteiger partial charge in [0, 0.05) is 54.9 Å². The molecule has 3 aromatic rings. The molecule has 6 heteroatoms. The zero-order chi connectivity index (χ0) is 21.6. The molecule has 32 heavy (non-hydrogen) atoms. The van der Waals surface area contributed by atoms with E-state index in [0.717, 1.165) is 74.9 Å². The average Bonchev–Trinajstić information content (AvgIpc) is 3.44. The molecule has 2 aliphatic heterocycles. The number of para-hydroxylation sites is 1. The molecule has 1 N–H and O–H groups in total. The first-order valence-corrected chi connectivity index (χ1v) is 12.0. The van der Waals surface area contributed by atoms with Crippen LogP contribution in [0.3, 0.4) is 0 Å². The zero-order valence-corrected chi connectivity index (χ0v) is 18.8. The highest BCUT2D eigenvalue weighted by atomic mass is 16.5. The van der Waals surface area contributed by atoms with Crippen molar-refractivity contribution in [2.75, 3.05) is 52.5 Å². The Kier molecular flexibility index (Phi) is 7.01. The van der Waals surface area contributed by atoms with E-state index < -0.39 is 0 Å². The summed E-state index contributed by atoms with van der Waals surface area (Å²) in [6.07, 6.45) is 5.52. The van der Waals surface area contributed by atoms with Crippen molar-refractivity contribution in [1.29, 1.82) is 0 Å². The Bertz CT molecular complexity index is 998. The maximum Gasteiger partial charge on any atom is 0.137 e. The SMILES string of the molecule is c1ccc(OCCN2CCCC2)c(CN2CCOC[C@@H](Cc3ccc4cc[nH]c4n3)C2)c1. The van der Waals surface area contributed by atoms with Crippen LogP contribution >= 0.6 is 0 Å². The molecule has 0 spiro atoms. The van der Waals surface area contributed by atoms with Gasteiger partial charge in [0.1, 0.15) is 18.0 Å². The Hall–Kier alpha value is -2.41. The molecule has 1 atom stereocenters. The quantitative estimate of drug-likeness (QED) is 0.586. The van der Waals surface area contributed by atoms with E-state index in [4.69, 9.17) is 14.5 Å². The minimum atomic E-state index is 0.431. The number of hydrogen-bond acceptors (Lipinski definition) is 5. The number of pyridine rings is 1. The second-order valence-electron chi connectivity index (χ2n) is 9.10. The van der Waals surface area contributed by atoms with Crippen LogP contribution in [0.4, 0.5) is 0 Å². The number of nitrogens with zero attached hydrogens (tertiary/aromatic N) is 3. The fourth-order valence-corrected chi connectivity index (χ4v) is 4.91. The predicted octanol–water partition coefficient (Wildman–Crippen LogP) is 3.73. The molecule has 170 valence electrons. The maximum atomic E-state index is 6.21. The van der Waals surface area contributed by atoms with Gasteiger partial charge < -0.3 is 14.5 Å². The van der Waals surface area contributed by atoms with Crippen LogP contribution in [-0.4, -0.2) is 72.3 Å². The Morgan fingerprint density at radius 3 is 2.88 bits per heavy atom. The van der Waals surface area contributed by atoms with Gasteiger partial charge in [-0.15, -0.1) is 0 Å². The molecule has 5 rings (SSSR count). The first kappa shape index (κ1) is 21.4. The van der Waals surface area contributed by atoms with Crippen molar-refractivity contribution >= 4 is 11.0 Å². The normalized spacial score (nSPS) is 20.6. The van der Waals surface area contributed by atoms with Crippen molar-refractivity contribution in [3.63, 3.8) is 0 Å². The third-order valence-corrected chi connectivity index (χ3v) is 6.62. The van der Waals surface area contributed by atoms with Gasteiger partial charge in [0.05, 0.1) is 13.2 Å². The zero-order valence-electron chi connectivity index (χ0n) is 18.8. The van der Waals surface area contributed by atoms with Gasteiger partial charge in [-0.2, -0.15) is 0 Å². The Morgan fingerprint density at radius 1 is 1.03 bits per heavy atom. The summed E-state index contributed by atoms with van der Waals surface area (Å²) < 4.78 is 12.2. The van der Waals surface area contributed by atoms with Gasteiger partial charge in [0.15, 0.2) is 0 Å². The van der Waals surface area contributed by atoms with Crippen molar-refractivity contribution in [1.82, 2.24) is 19.8 Å². The van der Waals surface area contributed by atoms with Crippen molar-refractivity contribution in [3.05, 3.63) is 59.9 Å². The molecular weight excluding hydrogens is 400 g/mol. The molecule has 0 bridgehead atoms. The predicted molar refractivity (Wildman–Crippen MR) is 127 cm³/mol. The smallest absolute Gasteiger partial charge is 0.137 e. The largest absolute Gasteiger partial charge is 0.492 e.